The number of nitrogens with zero attached hydrogens (tertiary/aromatic N) is 5. The first-order chi connectivity index (χ1) is 16.2. The van der Waals surface area contributed by atoms with Crippen molar-refractivity contribution >= 4 is 11.8 Å². The van der Waals surface area contributed by atoms with Gasteiger partial charge in [-0.1, -0.05) is 23.9 Å². The number of hydrogen-bond donors (Lipinski definition) is 0. The second-order valence-corrected chi connectivity index (χ2v) is 9.05. The minimum Gasteiger partial charge on any atom is -0.497 e. The van der Waals surface area contributed by atoms with Crippen molar-refractivity contribution in [3.63, 3.8) is 0 Å². The summed E-state index contributed by atoms with van der Waals surface area (Å²) in [5.74, 6) is 3.28. The van der Waals surface area contributed by atoms with Crippen molar-refractivity contribution in [2.45, 2.75) is 49.5 Å². The number of thioether (sulfide) groups is 1. The Balaban J connectivity index is 1.48. The molecule has 1 aliphatic heterocycles. The molecule has 8 nitrogen and oxygen atoms in total. The SMILES string of the molecule is COc1ccc(CN(C)Cc2nnc(SCc3ccccn3)n2C[C@@H]2CCCO2)c(OC)c1. The van der Waals surface area contributed by atoms with Crippen LogP contribution >= 0.6 is 11.8 Å². The number of ether oxygens (including phenoxy) is 3. The van der Waals surface area contributed by atoms with Crippen molar-refractivity contribution in [3.05, 3.63) is 59.7 Å². The van der Waals surface area contributed by atoms with E-state index >= 15 is 0 Å². The summed E-state index contributed by atoms with van der Waals surface area (Å²) in [5, 5.41) is 9.96. The number of methoxy groups -OCH3 is 2. The Morgan fingerprint density at radius 2 is 2.06 bits per heavy atom. The van der Waals surface area contributed by atoms with Crippen LogP contribution in [-0.2, 0) is 30.1 Å². The van der Waals surface area contributed by atoms with Gasteiger partial charge in [0.15, 0.2) is 5.16 Å². The Morgan fingerprint density at radius 1 is 1.15 bits per heavy atom. The first kappa shape index (κ1) is 23.5. The van der Waals surface area contributed by atoms with Gasteiger partial charge in [0, 0.05) is 36.7 Å². The molecule has 4 rings (SSSR count). The normalized spacial score (nSPS) is 15.8. The van der Waals surface area contributed by atoms with E-state index in [4.69, 9.17) is 14.2 Å². The zero-order chi connectivity index (χ0) is 23.0. The molecule has 0 unspecified atom stereocenters. The van der Waals surface area contributed by atoms with Crippen LogP contribution in [0.3, 0.4) is 0 Å². The molecular formula is C24H31N5O3S. The zero-order valence-corrected chi connectivity index (χ0v) is 20.3. The molecule has 0 aliphatic carbocycles. The molecule has 0 bridgehead atoms. The second-order valence-electron chi connectivity index (χ2n) is 8.10. The van der Waals surface area contributed by atoms with Crippen LogP contribution in [0.15, 0.2) is 47.8 Å². The molecule has 1 atom stereocenters. The predicted octanol–water partition coefficient (Wildman–Crippen LogP) is 3.79. The number of rotatable bonds is 11. The van der Waals surface area contributed by atoms with E-state index in [2.05, 4.69) is 31.7 Å². The Kier molecular flexibility index (Phi) is 8.20. The molecule has 0 N–H and O–H groups in total. The second kappa shape index (κ2) is 11.5. The van der Waals surface area contributed by atoms with E-state index in [0.29, 0.717) is 6.54 Å². The number of hydrogen-bond acceptors (Lipinski definition) is 8. The predicted molar refractivity (Wildman–Crippen MR) is 128 cm³/mol. The Hall–Kier alpha value is -2.62. The third-order valence-corrected chi connectivity index (χ3v) is 6.63. The molecule has 1 fully saturated rings. The summed E-state index contributed by atoms with van der Waals surface area (Å²) < 4.78 is 19.0. The molecule has 33 heavy (non-hydrogen) atoms. The van der Waals surface area contributed by atoms with Gasteiger partial charge in [0.05, 0.1) is 39.1 Å². The van der Waals surface area contributed by atoms with Crippen molar-refractivity contribution < 1.29 is 14.2 Å². The average molecular weight is 470 g/mol. The highest BCUT2D eigenvalue weighted by atomic mass is 32.2. The van der Waals surface area contributed by atoms with Crippen LogP contribution in [0.2, 0.25) is 0 Å². The van der Waals surface area contributed by atoms with Crippen molar-refractivity contribution in [3.8, 4) is 11.5 Å². The van der Waals surface area contributed by atoms with Gasteiger partial charge in [-0.25, -0.2) is 0 Å². The van der Waals surface area contributed by atoms with E-state index in [-0.39, 0.29) is 6.10 Å². The molecule has 176 valence electrons. The molecule has 0 saturated carbocycles. The lowest BCUT2D eigenvalue weighted by molar-refractivity contribution is 0.0934. The van der Waals surface area contributed by atoms with Crippen LogP contribution in [-0.4, -0.2) is 58.6 Å². The number of pyridine rings is 1. The lowest BCUT2D eigenvalue weighted by Crippen LogP contribution is -2.23. The summed E-state index contributed by atoms with van der Waals surface area (Å²) in [6.45, 7) is 2.98. The first-order valence-electron chi connectivity index (χ1n) is 11.1. The van der Waals surface area contributed by atoms with Gasteiger partial charge < -0.3 is 18.8 Å². The van der Waals surface area contributed by atoms with Crippen LogP contribution in [0.5, 0.6) is 11.5 Å². The summed E-state index contributed by atoms with van der Waals surface area (Å²) in [5.41, 5.74) is 2.12. The highest BCUT2D eigenvalue weighted by Crippen LogP contribution is 2.27. The zero-order valence-electron chi connectivity index (χ0n) is 19.4. The fourth-order valence-corrected chi connectivity index (χ4v) is 4.79. The van der Waals surface area contributed by atoms with E-state index in [0.717, 1.165) is 72.0 Å². The highest BCUT2D eigenvalue weighted by Gasteiger charge is 2.22. The van der Waals surface area contributed by atoms with Crippen LogP contribution in [0.25, 0.3) is 0 Å². The maximum absolute atomic E-state index is 5.91. The molecule has 0 spiro atoms. The van der Waals surface area contributed by atoms with Crippen LogP contribution in [0.4, 0.5) is 0 Å². The van der Waals surface area contributed by atoms with Crippen LogP contribution in [0.1, 0.15) is 29.9 Å². The molecule has 3 aromatic rings. The Bertz CT molecular complexity index is 1020. The van der Waals surface area contributed by atoms with Gasteiger partial charge >= 0.3 is 0 Å². The highest BCUT2D eigenvalue weighted by molar-refractivity contribution is 7.98. The average Bonchev–Trinajstić information content (AvgIpc) is 3.49. The maximum Gasteiger partial charge on any atom is 0.191 e. The molecule has 3 heterocycles. The fraction of sp³-hybridized carbons (Fsp3) is 0.458. The van der Waals surface area contributed by atoms with E-state index in [9.17, 15) is 0 Å². The monoisotopic (exact) mass is 469 g/mol. The van der Waals surface area contributed by atoms with Crippen molar-refractivity contribution in [1.82, 2.24) is 24.6 Å². The number of aromatic nitrogens is 4. The summed E-state index contributed by atoms with van der Waals surface area (Å²) >= 11 is 1.66. The minimum absolute atomic E-state index is 0.209. The van der Waals surface area contributed by atoms with Crippen molar-refractivity contribution in [2.75, 3.05) is 27.9 Å². The lowest BCUT2D eigenvalue weighted by atomic mass is 10.2. The van der Waals surface area contributed by atoms with Gasteiger partial charge in [-0.3, -0.25) is 9.88 Å². The maximum atomic E-state index is 5.91. The van der Waals surface area contributed by atoms with Crippen molar-refractivity contribution in [1.29, 1.82) is 0 Å². The van der Waals surface area contributed by atoms with Crippen LogP contribution in [0, 0.1) is 0 Å². The van der Waals surface area contributed by atoms with E-state index in [1.807, 2.05) is 42.6 Å². The first-order valence-corrected chi connectivity index (χ1v) is 12.1. The van der Waals surface area contributed by atoms with Gasteiger partial charge in [0.25, 0.3) is 0 Å². The van der Waals surface area contributed by atoms with Gasteiger partial charge in [-0.2, -0.15) is 0 Å². The Morgan fingerprint density at radius 3 is 2.79 bits per heavy atom. The van der Waals surface area contributed by atoms with Gasteiger partial charge in [-0.05, 0) is 38.1 Å². The standard InChI is InChI=1S/C24H31N5O3S/c1-28(14-18-9-10-20(30-2)13-22(18)31-3)16-23-26-27-24(29(23)15-21-8-6-12-32-21)33-17-19-7-4-5-11-25-19/h4-5,7,9-11,13,21H,6,8,12,14-17H2,1-3H3/t21-/m0/s1. The molecule has 2 aromatic heterocycles. The topological polar surface area (TPSA) is 74.5 Å². The molecule has 0 amide bonds. The molecule has 0 radical (unpaired) electrons. The van der Waals surface area contributed by atoms with Gasteiger partial charge in [0.2, 0.25) is 0 Å². The summed E-state index contributed by atoms with van der Waals surface area (Å²) in [6.07, 6.45) is 4.21. The molecule has 1 saturated heterocycles. The summed E-state index contributed by atoms with van der Waals surface area (Å²) in [6, 6.07) is 11.9. The molecular weight excluding hydrogens is 438 g/mol. The fourth-order valence-electron chi connectivity index (χ4n) is 3.91. The summed E-state index contributed by atoms with van der Waals surface area (Å²) in [7, 11) is 5.42. The van der Waals surface area contributed by atoms with E-state index in [1.54, 1.807) is 26.0 Å². The lowest BCUT2D eigenvalue weighted by Gasteiger charge is -2.20. The van der Waals surface area contributed by atoms with Gasteiger partial charge in [0.1, 0.15) is 17.3 Å². The largest absolute Gasteiger partial charge is 0.497 e. The van der Waals surface area contributed by atoms with E-state index in [1.165, 1.54) is 0 Å². The minimum atomic E-state index is 0.209. The molecule has 1 aliphatic rings. The number of benzene rings is 1. The van der Waals surface area contributed by atoms with Gasteiger partial charge in [-0.15, -0.1) is 10.2 Å². The third kappa shape index (κ3) is 6.25. The smallest absolute Gasteiger partial charge is 0.191 e. The summed E-state index contributed by atoms with van der Waals surface area (Å²) in [4.78, 5) is 6.64. The van der Waals surface area contributed by atoms with Crippen LogP contribution < -0.4 is 9.47 Å². The Labute approximate surface area is 199 Å². The van der Waals surface area contributed by atoms with E-state index < -0.39 is 0 Å². The molecule has 1 aromatic carbocycles. The van der Waals surface area contributed by atoms with Crippen molar-refractivity contribution in [2.24, 2.45) is 0 Å². The molecule has 9 heteroatoms. The quantitative estimate of drug-likeness (QED) is 0.393. The third-order valence-electron chi connectivity index (χ3n) is 5.62.